The summed E-state index contributed by atoms with van der Waals surface area (Å²) >= 11 is 0. The van der Waals surface area contributed by atoms with Gasteiger partial charge in [0, 0.05) is 13.1 Å². The van der Waals surface area contributed by atoms with Gasteiger partial charge in [0.15, 0.2) is 0 Å². The minimum Gasteiger partial charge on any atom is -0.565 e. The van der Waals surface area contributed by atoms with Crippen molar-refractivity contribution in [3.63, 3.8) is 0 Å². The molecule has 0 fully saturated rings. The van der Waals surface area contributed by atoms with Gasteiger partial charge in [-0.1, -0.05) is 0 Å². The van der Waals surface area contributed by atoms with Crippen molar-refractivity contribution in [2.45, 2.75) is 0 Å². The van der Waals surface area contributed by atoms with E-state index in [9.17, 15) is 19.2 Å². The maximum absolute atomic E-state index is 10.6. The Labute approximate surface area is 262 Å². The van der Waals surface area contributed by atoms with Crippen LogP contribution in [0.2, 0.25) is 0 Å². The summed E-state index contributed by atoms with van der Waals surface area (Å²) in [6.45, 7) is -2.25. The second-order valence-corrected chi connectivity index (χ2v) is 4.79. The van der Waals surface area contributed by atoms with Crippen molar-refractivity contribution in [3.8, 4) is 0 Å². The molecule has 0 aliphatic heterocycles. The van der Waals surface area contributed by atoms with Crippen molar-refractivity contribution >= 4 is 42.3 Å². The first-order valence-electron chi connectivity index (χ1n) is 7.42. The fraction of sp³-hybridized carbons (Fsp3) is 0.462. The Morgan fingerprint density at radius 2 is 0.543 bits per heavy atom. The van der Waals surface area contributed by atoms with Crippen LogP contribution in [0, 0.1) is 0 Å². The zero-order valence-corrected chi connectivity index (χ0v) is 24.9. The molecule has 0 saturated heterocycles. The van der Waals surface area contributed by atoms with E-state index >= 15 is 0 Å². The van der Waals surface area contributed by atoms with Gasteiger partial charge in [-0.15, -0.1) is 0 Å². The molecule has 22 heteroatoms. The first-order valence-corrected chi connectivity index (χ1v) is 7.42. The van der Waals surface area contributed by atoms with Crippen molar-refractivity contribution in [2.75, 3.05) is 39.3 Å². The SMILES string of the molecule is O=C(O)CN(CCN(CC(=O)O)CC(=O)O)CC(=O)O.O=C([O-])O.O=C([O-])O.O=C([O-])O.[Na+].[Na+].[Na+]. The normalized spacial score (nSPS) is 8.17. The number of carboxylic acid groups (broad SMARTS) is 10. The molecule has 0 rings (SSSR count). The minimum atomic E-state index is -2.08. The monoisotopic (exact) mass is 544 g/mol. The summed E-state index contributed by atoms with van der Waals surface area (Å²) in [5, 5.41) is 80.4. The average molecular weight is 544 g/mol. The first kappa shape index (κ1) is 50.5. The first-order chi connectivity index (χ1) is 14.4. The largest absolute Gasteiger partial charge is 1.00 e. The summed E-state index contributed by atoms with van der Waals surface area (Å²) in [6, 6.07) is 0. The van der Waals surface area contributed by atoms with E-state index in [2.05, 4.69) is 0 Å². The van der Waals surface area contributed by atoms with E-state index in [0.29, 0.717) is 0 Å². The van der Waals surface area contributed by atoms with Gasteiger partial charge in [-0.25, -0.2) is 0 Å². The van der Waals surface area contributed by atoms with Crippen molar-refractivity contribution < 1.29 is 173 Å². The maximum Gasteiger partial charge on any atom is 1.00 e. The molecule has 0 saturated carbocycles. The Morgan fingerprint density at radius 3 is 0.629 bits per heavy atom. The molecule has 0 radical (unpaired) electrons. The van der Waals surface area contributed by atoms with Crippen LogP contribution in [0.4, 0.5) is 14.4 Å². The molecular weight excluding hydrogens is 525 g/mol. The fourth-order valence-corrected chi connectivity index (χ4v) is 1.48. The Balaban J connectivity index is -0.0000000872. The molecule has 35 heavy (non-hydrogen) atoms. The molecule has 7 N–H and O–H groups in total. The maximum atomic E-state index is 10.6. The van der Waals surface area contributed by atoms with Crippen LogP contribution in [0.5, 0.6) is 0 Å². The van der Waals surface area contributed by atoms with Gasteiger partial charge >= 0.3 is 113 Å². The second-order valence-electron chi connectivity index (χ2n) is 4.79. The molecule has 0 atom stereocenters. The van der Waals surface area contributed by atoms with Crippen LogP contribution in [0.1, 0.15) is 0 Å². The Morgan fingerprint density at radius 1 is 0.429 bits per heavy atom. The van der Waals surface area contributed by atoms with Gasteiger partial charge in [0.2, 0.25) is 18.5 Å². The predicted octanol–water partition coefficient (Wildman–Crippen LogP) is -14.4. The molecule has 0 bridgehead atoms. The smallest absolute Gasteiger partial charge is 0.565 e. The van der Waals surface area contributed by atoms with E-state index in [0.717, 1.165) is 9.80 Å². The predicted molar refractivity (Wildman–Crippen MR) is 87.5 cm³/mol. The Bertz CT molecular complexity index is 540. The van der Waals surface area contributed by atoms with Crippen LogP contribution < -0.4 is 104 Å². The van der Waals surface area contributed by atoms with Gasteiger partial charge in [-0.2, -0.15) is 0 Å². The van der Waals surface area contributed by atoms with Crippen LogP contribution in [0.15, 0.2) is 0 Å². The molecule has 186 valence electrons. The van der Waals surface area contributed by atoms with Crippen LogP contribution in [-0.4, -0.2) is 127 Å². The van der Waals surface area contributed by atoms with Crippen LogP contribution in [-0.2, 0) is 19.2 Å². The van der Waals surface area contributed by atoms with E-state index in [-0.39, 0.29) is 102 Å². The van der Waals surface area contributed by atoms with E-state index < -0.39 is 68.5 Å². The van der Waals surface area contributed by atoms with Crippen LogP contribution >= 0.6 is 0 Å². The topological polar surface area (TPSA) is 337 Å². The summed E-state index contributed by atoms with van der Waals surface area (Å²) in [4.78, 5) is 69.7. The van der Waals surface area contributed by atoms with Crippen LogP contribution in [0.3, 0.4) is 0 Å². The summed E-state index contributed by atoms with van der Waals surface area (Å²) in [5.41, 5.74) is 0. The number of aliphatic carboxylic acids is 4. The standard InChI is InChI=1S/C10H16N2O8.3CH2O3.3Na/c13-7(14)3-11(4-8(15)16)1-2-12(5-9(17)18)6-10(19)20;3*2-1(3)4;;;/h1-6H2,(H,13,14)(H,15,16)(H,17,18)(H,19,20);3*(H2,2,3,4);;;/q;;;;3*+1/p-3. The molecule has 0 aromatic carbocycles. The third-order valence-electron chi connectivity index (χ3n) is 2.17. The molecule has 0 spiro atoms. The third kappa shape index (κ3) is 79.5. The molecular formula is C13H19N2Na3O17. The van der Waals surface area contributed by atoms with Gasteiger partial charge in [0.05, 0.1) is 26.2 Å². The van der Waals surface area contributed by atoms with Gasteiger partial charge in [-0.3, -0.25) is 29.0 Å². The molecule has 0 heterocycles. The van der Waals surface area contributed by atoms with Gasteiger partial charge < -0.3 is 65.4 Å². The van der Waals surface area contributed by atoms with E-state index in [1.807, 2.05) is 0 Å². The van der Waals surface area contributed by atoms with Crippen molar-refractivity contribution in [1.82, 2.24) is 9.80 Å². The summed E-state index contributed by atoms with van der Waals surface area (Å²) in [5.74, 6) is -4.91. The summed E-state index contributed by atoms with van der Waals surface area (Å²) in [6.07, 6.45) is -6.25. The molecule has 0 aliphatic carbocycles. The fourth-order valence-electron chi connectivity index (χ4n) is 1.48. The van der Waals surface area contributed by atoms with Crippen molar-refractivity contribution in [1.29, 1.82) is 0 Å². The number of carboxylic acids is 4. The van der Waals surface area contributed by atoms with Gasteiger partial charge in [0.1, 0.15) is 0 Å². The Kier molecular flexibility index (Phi) is 47.0. The van der Waals surface area contributed by atoms with Gasteiger partial charge in [0.25, 0.3) is 0 Å². The zero-order chi connectivity index (χ0) is 26.4. The molecule has 19 nitrogen and oxygen atoms in total. The molecule has 0 aromatic rings. The van der Waals surface area contributed by atoms with Crippen LogP contribution in [0.25, 0.3) is 0 Å². The number of hydrogen-bond donors (Lipinski definition) is 7. The Hall–Kier alpha value is -1.39. The van der Waals surface area contributed by atoms with E-state index in [4.69, 9.17) is 65.4 Å². The molecule has 0 aliphatic rings. The molecule has 0 amide bonds. The zero-order valence-electron chi connectivity index (χ0n) is 18.9. The van der Waals surface area contributed by atoms with Crippen molar-refractivity contribution in [2.24, 2.45) is 0 Å². The average Bonchev–Trinajstić information content (AvgIpc) is 2.48. The summed E-state index contributed by atoms with van der Waals surface area (Å²) < 4.78 is 0. The number of nitrogens with zero attached hydrogens (tertiary/aromatic N) is 2. The molecule has 0 aromatic heterocycles. The summed E-state index contributed by atoms with van der Waals surface area (Å²) in [7, 11) is 0. The molecule has 0 unspecified atom stereocenters. The van der Waals surface area contributed by atoms with E-state index in [1.54, 1.807) is 0 Å². The second kappa shape index (κ2) is 32.6. The minimum absolute atomic E-state index is 0. The third-order valence-corrected chi connectivity index (χ3v) is 2.17. The number of carbonyl (C=O) groups is 7. The van der Waals surface area contributed by atoms with Crippen molar-refractivity contribution in [3.05, 3.63) is 0 Å². The van der Waals surface area contributed by atoms with E-state index in [1.165, 1.54) is 0 Å². The number of rotatable bonds is 11. The quantitative estimate of drug-likeness (QED) is 0.119. The van der Waals surface area contributed by atoms with Gasteiger partial charge in [-0.05, 0) is 0 Å². The number of hydrogen-bond acceptors (Lipinski definition) is 12.